The van der Waals surface area contributed by atoms with E-state index in [0.717, 1.165) is 21.7 Å². The molecular weight excluding hydrogens is 316 g/mol. The van der Waals surface area contributed by atoms with Gasteiger partial charge in [0.15, 0.2) is 0 Å². The summed E-state index contributed by atoms with van der Waals surface area (Å²) in [5.74, 6) is 1.54. The van der Waals surface area contributed by atoms with E-state index < -0.39 is 0 Å². The van der Waals surface area contributed by atoms with Gasteiger partial charge in [0.1, 0.15) is 28.0 Å². The molecule has 0 amide bonds. The summed E-state index contributed by atoms with van der Waals surface area (Å²) in [6.07, 6.45) is 5.16. The molecule has 0 aliphatic heterocycles. The van der Waals surface area contributed by atoms with Gasteiger partial charge in [-0.1, -0.05) is 0 Å². The molecule has 0 unspecified atom stereocenters. The van der Waals surface area contributed by atoms with E-state index in [0.29, 0.717) is 0 Å². The van der Waals surface area contributed by atoms with Crippen LogP contribution in [-0.4, -0.2) is 19.9 Å². The van der Waals surface area contributed by atoms with Crippen molar-refractivity contribution in [2.24, 2.45) is 0 Å². The molecule has 0 spiro atoms. The minimum Gasteiger partial charge on any atom is -0.361 e. The third kappa shape index (κ3) is 3.58. The van der Waals surface area contributed by atoms with Crippen molar-refractivity contribution >= 4 is 34.3 Å². The van der Waals surface area contributed by atoms with Gasteiger partial charge in [0.25, 0.3) is 0 Å². The molecule has 6 nitrogen and oxygen atoms in total. The van der Waals surface area contributed by atoms with Gasteiger partial charge in [-0.05, 0) is 13.8 Å². The maximum atomic E-state index is 4.31. The minimum absolute atomic E-state index is 0.110. The van der Waals surface area contributed by atoms with E-state index >= 15 is 0 Å². The summed E-state index contributed by atoms with van der Waals surface area (Å²) in [6.45, 7) is 4.12. The van der Waals surface area contributed by atoms with Crippen LogP contribution < -0.4 is 10.6 Å². The standard InChI is InChI=1S/C14H16N6S2/c1-9(13-15-3-5-21-13)19-11-7-12(18-8-17-11)20-10(2)14-16-4-6-22-14/h3-10H,1-2H3,(H2,17,18,19,20)/t9-,10-/m1/s1. The van der Waals surface area contributed by atoms with Crippen LogP contribution in [0.3, 0.4) is 0 Å². The van der Waals surface area contributed by atoms with Crippen LogP contribution in [0.1, 0.15) is 35.9 Å². The number of rotatable bonds is 6. The Kier molecular flexibility index (Phi) is 4.59. The zero-order chi connectivity index (χ0) is 15.4. The highest BCUT2D eigenvalue weighted by molar-refractivity contribution is 7.09. The lowest BCUT2D eigenvalue weighted by molar-refractivity contribution is 0.847. The van der Waals surface area contributed by atoms with Crippen LogP contribution in [0.4, 0.5) is 11.6 Å². The highest BCUT2D eigenvalue weighted by atomic mass is 32.1. The Balaban J connectivity index is 1.67. The Morgan fingerprint density at radius 3 is 1.73 bits per heavy atom. The second kappa shape index (κ2) is 6.80. The Labute approximate surface area is 136 Å². The third-order valence-corrected chi connectivity index (χ3v) is 4.96. The van der Waals surface area contributed by atoms with Crippen LogP contribution in [0.5, 0.6) is 0 Å². The molecule has 22 heavy (non-hydrogen) atoms. The summed E-state index contributed by atoms with van der Waals surface area (Å²) in [6, 6.07) is 2.12. The smallest absolute Gasteiger partial charge is 0.132 e. The highest BCUT2D eigenvalue weighted by Gasteiger charge is 2.11. The Morgan fingerprint density at radius 1 is 0.818 bits per heavy atom. The third-order valence-electron chi connectivity index (χ3n) is 3.04. The van der Waals surface area contributed by atoms with Gasteiger partial charge in [-0.3, -0.25) is 0 Å². The van der Waals surface area contributed by atoms with Crippen LogP contribution in [0, 0.1) is 0 Å². The van der Waals surface area contributed by atoms with Gasteiger partial charge in [0.05, 0.1) is 12.1 Å². The fourth-order valence-electron chi connectivity index (χ4n) is 1.98. The molecule has 0 saturated carbocycles. The van der Waals surface area contributed by atoms with Crippen molar-refractivity contribution < 1.29 is 0 Å². The topological polar surface area (TPSA) is 75.6 Å². The molecule has 3 rings (SSSR count). The second-order valence-electron chi connectivity index (χ2n) is 4.76. The van der Waals surface area contributed by atoms with E-state index in [9.17, 15) is 0 Å². The van der Waals surface area contributed by atoms with Gasteiger partial charge in [-0.25, -0.2) is 19.9 Å². The molecule has 2 N–H and O–H groups in total. The minimum atomic E-state index is 0.110. The van der Waals surface area contributed by atoms with E-state index in [1.54, 1.807) is 41.4 Å². The molecule has 3 heterocycles. The van der Waals surface area contributed by atoms with Gasteiger partial charge in [-0.2, -0.15) is 0 Å². The van der Waals surface area contributed by atoms with Crippen molar-refractivity contribution in [1.82, 2.24) is 19.9 Å². The Bertz CT molecular complexity index is 640. The predicted molar refractivity (Wildman–Crippen MR) is 90.3 cm³/mol. The maximum absolute atomic E-state index is 4.31. The molecule has 0 aliphatic carbocycles. The van der Waals surface area contributed by atoms with Crippen molar-refractivity contribution in [3.8, 4) is 0 Å². The van der Waals surface area contributed by atoms with Crippen molar-refractivity contribution in [2.75, 3.05) is 10.6 Å². The predicted octanol–water partition coefficient (Wildman–Crippen LogP) is 3.74. The summed E-state index contributed by atoms with van der Waals surface area (Å²) >= 11 is 3.25. The number of thiazole rings is 2. The van der Waals surface area contributed by atoms with E-state index in [1.807, 2.05) is 16.8 Å². The number of hydrogen-bond acceptors (Lipinski definition) is 8. The van der Waals surface area contributed by atoms with Crippen LogP contribution in [0.15, 0.2) is 35.5 Å². The van der Waals surface area contributed by atoms with E-state index in [-0.39, 0.29) is 12.1 Å². The fraction of sp³-hybridized carbons (Fsp3) is 0.286. The molecule has 0 radical (unpaired) electrons. The lowest BCUT2D eigenvalue weighted by atomic mass is 10.3. The van der Waals surface area contributed by atoms with Crippen LogP contribution in [-0.2, 0) is 0 Å². The monoisotopic (exact) mass is 332 g/mol. The van der Waals surface area contributed by atoms with Crippen molar-refractivity contribution in [2.45, 2.75) is 25.9 Å². The molecule has 3 aromatic heterocycles. The number of anilines is 2. The Morgan fingerprint density at radius 2 is 1.32 bits per heavy atom. The van der Waals surface area contributed by atoms with Gasteiger partial charge >= 0.3 is 0 Å². The summed E-state index contributed by atoms with van der Waals surface area (Å²) in [4.78, 5) is 17.1. The van der Waals surface area contributed by atoms with Crippen molar-refractivity contribution in [3.63, 3.8) is 0 Å². The molecule has 0 aliphatic rings. The Hall–Kier alpha value is -2.06. The number of nitrogens with one attached hydrogen (secondary N) is 2. The summed E-state index contributed by atoms with van der Waals surface area (Å²) in [7, 11) is 0. The average molecular weight is 332 g/mol. The quantitative estimate of drug-likeness (QED) is 0.716. The molecule has 0 aromatic carbocycles. The fourth-order valence-corrected chi connectivity index (χ4v) is 3.27. The van der Waals surface area contributed by atoms with Crippen LogP contribution in [0.2, 0.25) is 0 Å². The van der Waals surface area contributed by atoms with Crippen LogP contribution >= 0.6 is 22.7 Å². The summed E-state index contributed by atoms with van der Waals surface area (Å²) in [5.41, 5.74) is 0. The van der Waals surface area contributed by atoms with E-state index in [1.165, 1.54) is 0 Å². The van der Waals surface area contributed by atoms with Gasteiger partial charge in [0, 0.05) is 29.2 Å². The molecule has 8 heteroatoms. The van der Waals surface area contributed by atoms with Crippen LogP contribution in [0.25, 0.3) is 0 Å². The normalized spacial score (nSPS) is 13.5. The molecule has 0 fully saturated rings. The number of nitrogens with zero attached hydrogens (tertiary/aromatic N) is 4. The average Bonchev–Trinajstić information content (AvgIpc) is 3.21. The van der Waals surface area contributed by atoms with Gasteiger partial charge in [0.2, 0.25) is 0 Å². The first-order chi connectivity index (χ1) is 10.7. The van der Waals surface area contributed by atoms with Gasteiger partial charge < -0.3 is 10.6 Å². The molecule has 0 saturated heterocycles. The number of aromatic nitrogens is 4. The lowest BCUT2D eigenvalue weighted by Crippen LogP contribution is -2.10. The number of hydrogen-bond donors (Lipinski definition) is 2. The maximum Gasteiger partial charge on any atom is 0.132 e. The zero-order valence-electron chi connectivity index (χ0n) is 12.2. The lowest BCUT2D eigenvalue weighted by Gasteiger charge is -2.14. The first-order valence-electron chi connectivity index (χ1n) is 6.86. The zero-order valence-corrected chi connectivity index (χ0v) is 13.9. The summed E-state index contributed by atoms with van der Waals surface area (Å²) in [5, 5.41) is 12.7. The molecule has 0 bridgehead atoms. The molecule has 2 atom stereocenters. The summed E-state index contributed by atoms with van der Waals surface area (Å²) < 4.78 is 0. The van der Waals surface area contributed by atoms with Crippen molar-refractivity contribution in [1.29, 1.82) is 0 Å². The molecule has 3 aromatic rings. The first kappa shape index (κ1) is 14.9. The SMILES string of the molecule is C[C@@H](Nc1cc(N[C@H](C)c2nccs2)ncn1)c1nccs1. The van der Waals surface area contributed by atoms with Gasteiger partial charge in [-0.15, -0.1) is 22.7 Å². The first-order valence-corrected chi connectivity index (χ1v) is 8.62. The largest absolute Gasteiger partial charge is 0.361 e. The highest BCUT2D eigenvalue weighted by Crippen LogP contribution is 2.23. The second-order valence-corrected chi connectivity index (χ2v) is 6.61. The molecular formula is C14H16N6S2. The van der Waals surface area contributed by atoms with E-state index in [2.05, 4.69) is 44.4 Å². The molecule has 114 valence electrons. The van der Waals surface area contributed by atoms with E-state index in [4.69, 9.17) is 0 Å². The van der Waals surface area contributed by atoms with Crippen molar-refractivity contribution in [3.05, 3.63) is 45.6 Å².